The number of hydrogen-bond acceptors (Lipinski definition) is 3. The largest absolute Gasteiger partial charge is 0.478 e. The number of nitrogens with zero attached hydrogens (tertiary/aromatic N) is 2. The highest BCUT2D eigenvalue weighted by molar-refractivity contribution is 6.03. The van der Waals surface area contributed by atoms with Crippen LogP contribution in [0.25, 0.3) is 10.9 Å². The summed E-state index contributed by atoms with van der Waals surface area (Å²) in [4.78, 5) is 13.9. The van der Waals surface area contributed by atoms with E-state index in [2.05, 4.69) is 17.1 Å². The Labute approximate surface area is 130 Å². The maximum Gasteiger partial charge on any atom is 0.337 e. The minimum atomic E-state index is -0.861. The molecule has 2 aromatic rings. The van der Waals surface area contributed by atoms with Crippen molar-refractivity contribution in [3.63, 3.8) is 0 Å². The fraction of sp³-hybridized carbons (Fsp3) is 0.471. The zero-order valence-corrected chi connectivity index (χ0v) is 13.2. The molecule has 1 aromatic carbocycles. The number of carboxylic acid groups (broad SMARTS) is 1. The van der Waals surface area contributed by atoms with E-state index < -0.39 is 5.97 Å². The van der Waals surface area contributed by atoms with Gasteiger partial charge in [0.2, 0.25) is 0 Å². The molecule has 1 fully saturated rings. The van der Waals surface area contributed by atoms with Crippen LogP contribution in [0.5, 0.6) is 0 Å². The monoisotopic (exact) mass is 301 g/mol. The summed E-state index contributed by atoms with van der Waals surface area (Å²) >= 11 is 0. The molecule has 2 N–H and O–H groups in total. The van der Waals surface area contributed by atoms with Gasteiger partial charge in [-0.1, -0.05) is 12.1 Å². The molecule has 118 valence electrons. The maximum atomic E-state index is 11.5. The highest BCUT2D eigenvalue weighted by atomic mass is 16.4. The number of aromatic carboxylic acids is 1. The van der Waals surface area contributed by atoms with Crippen molar-refractivity contribution in [3.05, 3.63) is 35.0 Å². The Morgan fingerprint density at radius 1 is 1.32 bits per heavy atom. The average molecular weight is 301 g/mol. The van der Waals surface area contributed by atoms with E-state index in [0.717, 1.165) is 50.0 Å². The molecule has 0 radical (unpaired) electrons. The number of rotatable bonds is 4. The van der Waals surface area contributed by atoms with Crippen molar-refractivity contribution in [1.82, 2.24) is 14.8 Å². The average Bonchev–Trinajstić information content (AvgIpc) is 2.78. The predicted molar refractivity (Wildman–Crippen MR) is 87.6 cm³/mol. The number of para-hydroxylation sites is 1. The molecule has 5 nitrogen and oxygen atoms in total. The van der Waals surface area contributed by atoms with Crippen LogP contribution in [0, 0.1) is 6.92 Å². The lowest BCUT2D eigenvalue weighted by Crippen LogP contribution is -2.44. The van der Waals surface area contributed by atoms with E-state index in [4.69, 9.17) is 0 Å². The van der Waals surface area contributed by atoms with E-state index in [-0.39, 0.29) is 0 Å². The van der Waals surface area contributed by atoms with Crippen LogP contribution >= 0.6 is 0 Å². The van der Waals surface area contributed by atoms with Gasteiger partial charge in [0, 0.05) is 50.9 Å². The molecule has 0 atom stereocenters. The van der Waals surface area contributed by atoms with Gasteiger partial charge in [-0.15, -0.1) is 0 Å². The smallest absolute Gasteiger partial charge is 0.337 e. The second kappa shape index (κ2) is 6.10. The minimum Gasteiger partial charge on any atom is -0.478 e. The molecular formula is C17H23N3O2. The number of nitrogens with one attached hydrogen (secondary N) is 1. The van der Waals surface area contributed by atoms with Crippen molar-refractivity contribution in [2.75, 3.05) is 32.7 Å². The van der Waals surface area contributed by atoms with Gasteiger partial charge >= 0.3 is 5.97 Å². The van der Waals surface area contributed by atoms with E-state index in [1.54, 1.807) is 6.07 Å². The van der Waals surface area contributed by atoms with Crippen molar-refractivity contribution in [2.45, 2.75) is 13.3 Å². The fourth-order valence-electron chi connectivity index (χ4n) is 3.41. The van der Waals surface area contributed by atoms with Crippen LogP contribution in [-0.4, -0.2) is 53.3 Å². The van der Waals surface area contributed by atoms with Crippen LogP contribution in [0.4, 0.5) is 0 Å². The summed E-state index contributed by atoms with van der Waals surface area (Å²) in [5.41, 5.74) is 3.66. The van der Waals surface area contributed by atoms with Crippen molar-refractivity contribution < 1.29 is 9.90 Å². The first-order valence-electron chi connectivity index (χ1n) is 7.83. The Hall–Kier alpha value is -1.85. The molecule has 1 aromatic heterocycles. The molecule has 1 aliphatic rings. The molecule has 1 saturated heterocycles. The first-order chi connectivity index (χ1) is 10.6. The lowest BCUT2D eigenvalue weighted by molar-refractivity contribution is 0.0698. The molecule has 0 amide bonds. The van der Waals surface area contributed by atoms with Crippen molar-refractivity contribution in [1.29, 1.82) is 0 Å². The van der Waals surface area contributed by atoms with E-state index >= 15 is 0 Å². The lowest BCUT2D eigenvalue weighted by atomic mass is 10.0. The molecule has 0 spiro atoms. The van der Waals surface area contributed by atoms with Crippen molar-refractivity contribution in [2.24, 2.45) is 7.05 Å². The van der Waals surface area contributed by atoms with Crippen LogP contribution in [0.3, 0.4) is 0 Å². The van der Waals surface area contributed by atoms with Crippen molar-refractivity contribution in [3.8, 4) is 0 Å². The second-order valence-corrected chi connectivity index (χ2v) is 5.97. The van der Waals surface area contributed by atoms with E-state index in [1.807, 2.05) is 23.7 Å². The fourth-order valence-corrected chi connectivity index (χ4v) is 3.41. The van der Waals surface area contributed by atoms with Gasteiger partial charge in [0.15, 0.2) is 0 Å². The van der Waals surface area contributed by atoms with Gasteiger partial charge in [-0.3, -0.25) is 0 Å². The first kappa shape index (κ1) is 15.1. The van der Waals surface area contributed by atoms with Crippen LogP contribution < -0.4 is 5.32 Å². The Kier molecular flexibility index (Phi) is 4.18. The predicted octanol–water partition coefficient (Wildman–Crippen LogP) is 1.63. The van der Waals surface area contributed by atoms with Gasteiger partial charge in [-0.25, -0.2) is 4.79 Å². The third-order valence-corrected chi connectivity index (χ3v) is 4.75. The highest BCUT2D eigenvalue weighted by Gasteiger charge is 2.18. The maximum absolute atomic E-state index is 11.5. The van der Waals surface area contributed by atoms with Gasteiger partial charge in [0.1, 0.15) is 0 Å². The molecule has 3 rings (SSSR count). The standard InChI is InChI=1S/C17H23N3O2/c1-12-13(6-9-20-10-7-18-8-11-20)14-4-3-5-15(17(21)22)16(14)19(12)2/h3-5,18H,6-11H2,1-2H3,(H,21,22). The number of hydrogen-bond donors (Lipinski definition) is 2. The van der Waals surface area contributed by atoms with Crippen molar-refractivity contribution >= 4 is 16.9 Å². The van der Waals surface area contributed by atoms with E-state index in [9.17, 15) is 9.90 Å². The first-order valence-corrected chi connectivity index (χ1v) is 7.83. The summed E-state index contributed by atoms with van der Waals surface area (Å²) in [5.74, 6) is -0.861. The topological polar surface area (TPSA) is 57.5 Å². The zero-order chi connectivity index (χ0) is 15.7. The highest BCUT2D eigenvalue weighted by Crippen LogP contribution is 2.28. The SMILES string of the molecule is Cc1c(CCN2CCNCC2)c2cccc(C(=O)O)c2n1C. The molecular weight excluding hydrogens is 278 g/mol. The third kappa shape index (κ3) is 2.62. The molecule has 1 aliphatic heterocycles. The molecule has 22 heavy (non-hydrogen) atoms. The summed E-state index contributed by atoms with van der Waals surface area (Å²) in [6.07, 6.45) is 0.965. The molecule has 0 bridgehead atoms. The quantitative estimate of drug-likeness (QED) is 0.901. The Morgan fingerprint density at radius 3 is 2.73 bits per heavy atom. The molecule has 0 aliphatic carbocycles. The number of piperazine rings is 1. The van der Waals surface area contributed by atoms with Crippen LogP contribution in [-0.2, 0) is 13.5 Å². The van der Waals surface area contributed by atoms with Gasteiger partial charge in [-0.05, 0) is 25.0 Å². The zero-order valence-electron chi connectivity index (χ0n) is 13.2. The summed E-state index contributed by atoms with van der Waals surface area (Å²) in [6, 6.07) is 5.57. The summed E-state index contributed by atoms with van der Waals surface area (Å²) < 4.78 is 2.02. The number of carboxylic acids is 1. The molecule has 2 heterocycles. The van der Waals surface area contributed by atoms with Gasteiger partial charge < -0.3 is 19.9 Å². The third-order valence-electron chi connectivity index (χ3n) is 4.75. The van der Waals surface area contributed by atoms with E-state index in [1.165, 1.54) is 11.3 Å². The van der Waals surface area contributed by atoms with E-state index in [0.29, 0.717) is 5.56 Å². The van der Waals surface area contributed by atoms with Crippen LogP contribution in [0.1, 0.15) is 21.6 Å². The Morgan fingerprint density at radius 2 is 2.05 bits per heavy atom. The number of carbonyl (C=O) groups is 1. The number of benzene rings is 1. The number of fused-ring (bicyclic) bond motifs is 1. The van der Waals surface area contributed by atoms with Gasteiger partial charge in [-0.2, -0.15) is 0 Å². The van der Waals surface area contributed by atoms with Crippen LogP contribution in [0.2, 0.25) is 0 Å². The van der Waals surface area contributed by atoms with Gasteiger partial charge in [0.25, 0.3) is 0 Å². The second-order valence-electron chi connectivity index (χ2n) is 5.97. The summed E-state index contributed by atoms with van der Waals surface area (Å²) in [6.45, 7) is 7.39. The molecule has 0 unspecified atom stereocenters. The number of aryl methyl sites for hydroxylation is 1. The Bertz CT molecular complexity index is 699. The Balaban J connectivity index is 1.94. The molecule has 0 saturated carbocycles. The van der Waals surface area contributed by atoms with Crippen LogP contribution in [0.15, 0.2) is 18.2 Å². The summed E-state index contributed by atoms with van der Waals surface area (Å²) in [5, 5.41) is 13.9. The van der Waals surface area contributed by atoms with Gasteiger partial charge in [0.05, 0.1) is 11.1 Å². The lowest BCUT2D eigenvalue weighted by Gasteiger charge is -2.27. The number of aromatic nitrogens is 1. The summed E-state index contributed by atoms with van der Waals surface area (Å²) in [7, 11) is 1.96. The molecule has 5 heteroatoms. The normalized spacial score (nSPS) is 16.3. The minimum absolute atomic E-state index is 0.386.